The van der Waals surface area contributed by atoms with E-state index in [1.54, 1.807) is 0 Å². The summed E-state index contributed by atoms with van der Waals surface area (Å²) in [5.41, 5.74) is 0. The van der Waals surface area contributed by atoms with Gasteiger partial charge in [0, 0.05) is 25.7 Å². The molecule has 2 nitrogen and oxygen atoms in total. The third-order valence-electron chi connectivity index (χ3n) is 3.39. The molecular formula is C11H22N2. The lowest BCUT2D eigenvalue weighted by Gasteiger charge is -2.33. The fourth-order valence-electron chi connectivity index (χ4n) is 2.20. The number of hydrogen-bond donors (Lipinski definition) is 1. The molecule has 1 aliphatic carbocycles. The van der Waals surface area contributed by atoms with Crippen LogP contribution in [0.1, 0.15) is 32.6 Å². The molecule has 1 aliphatic heterocycles. The molecule has 2 fully saturated rings. The number of piperazine rings is 1. The van der Waals surface area contributed by atoms with Gasteiger partial charge in [-0.1, -0.05) is 12.8 Å². The highest BCUT2D eigenvalue weighted by Gasteiger charge is 2.22. The van der Waals surface area contributed by atoms with Crippen LogP contribution in [0.5, 0.6) is 0 Å². The molecule has 2 rings (SSSR count). The summed E-state index contributed by atoms with van der Waals surface area (Å²) in [7, 11) is 0. The number of hydrogen-bond acceptors (Lipinski definition) is 2. The molecule has 0 radical (unpaired) electrons. The van der Waals surface area contributed by atoms with Gasteiger partial charge < -0.3 is 5.32 Å². The average molecular weight is 182 g/mol. The van der Waals surface area contributed by atoms with E-state index >= 15 is 0 Å². The first-order chi connectivity index (χ1) is 6.36. The van der Waals surface area contributed by atoms with E-state index in [4.69, 9.17) is 0 Å². The van der Waals surface area contributed by atoms with E-state index in [1.807, 2.05) is 0 Å². The maximum absolute atomic E-state index is 3.43. The Morgan fingerprint density at radius 2 is 2.23 bits per heavy atom. The van der Waals surface area contributed by atoms with E-state index in [0.29, 0.717) is 0 Å². The maximum Gasteiger partial charge on any atom is 0.0192 e. The zero-order valence-electron chi connectivity index (χ0n) is 8.76. The van der Waals surface area contributed by atoms with Crippen LogP contribution in [0.2, 0.25) is 0 Å². The number of rotatable bonds is 4. The van der Waals surface area contributed by atoms with Crippen molar-refractivity contribution in [1.29, 1.82) is 0 Å². The smallest absolute Gasteiger partial charge is 0.0192 e. The molecule has 2 heteroatoms. The Kier molecular flexibility index (Phi) is 3.23. The molecule has 2 aliphatic rings. The van der Waals surface area contributed by atoms with Gasteiger partial charge in [-0.2, -0.15) is 0 Å². The molecule has 0 aromatic carbocycles. The Morgan fingerprint density at radius 3 is 2.92 bits per heavy atom. The lowest BCUT2D eigenvalue weighted by atomic mass is 10.1. The molecule has 76 valence electrons. The highest BCUT2D eigenvalue weighted by molar-refractivity contribution is 4.78. The van der Waals surface area contributed by atoms with Crippen LogP contribution < -0.4 is 5.32 Å². The van der Waals surface area contributed by atoms with Crippen LogP contribution in [0.4, 0.5) is 0 Å². The van der Waals surface area contributed by atoms with Crippen LogP contribution in [0.3, 0.4) is 0 Å². The first-order valence-corrected chi connectivity index (χ1v) is 5.81. The van der Waals surface area contributed by atoms with Crippen molar-refractivity contribution in [3.63, 3.8) is 0 Å². The summed E-state index contributed by atoms with van der Waals surface area (Å²) in [5.74, 6) is 1.11. The lowest BCUT2D eigenvalue weighted by molar-refractivity contribution is 0.170. The molecule has 1 atom stereocenters. The van der Waals surface area contributed by atoms with E-state index in [2.05, 4.69) is 17.1 Å². The van der Waals surface area contributed by atoms with Gasteiger partial charge in [-0.25, -0.2) is 0 Å². The SMILES string of the molecule is CC1CNCCN1CCCC1CC1. The second-order valence-electron chi connectivity index (χ2n) is 4.67. The highest BCUT2D eigenvalue weighted by Crippen LogP contribution is 2.33. The molecule has 0 bridgehead atoms. The van der Waals surface area contributed by atoms with Crippen LogP contribution in [0, 0.1) is 5.92 Å². The Hall–Kier alpha value is -0.0800. The van der Waals surface area contributed by atoms with Crippen molar-refractivity contribution in [2.75, 3.05) is 26.2 Å². The largest absolute Gasteiger partial charge is 0.314 e. The van der Waals surface area contributed by atoms with Gasteiger partial charge in [0.1, 0.15) is 0 Å². The Balaban J connectivity index is 1.60. The van der Waals surface area contributed by atoms with Crippen molar-refractivity contribution in [2.45, 2.75) is 38.6 Å². The zero-order chi connectivity index (χ0) is 9.10. The first kappa shape index (κ1) is 9.47. The minimum Gasteiger partial charge on any atom is -0.314 e. The van der Waals surface area contributed by atoms with Crippen molar-refractivity contribution < 1.29 is 0 Å². The average Bonchev–Trinajstić information content (AvgIpc) is 2.92. The molecular weight excluding hydrogens is 160 g/mol. The molecule has 1 heterocycles. The maximum atomic E-state index is 3.43. The van der Waals surface area contributed by atoms with E-state index in [9.17, 15) is 0 Å². The molecule has 0 aromatic heterocycles. The summed E-state index contributed by atoms with van der Waals surface area (Å²) in [6.07, 6.45) is 5.93. The third-order valence-corrected chi connectivity index (χ3v) is 3.39. The zero-order valence-corrected chi connectivity index (χ0v) is 8.76. The molecule has 13 heavy (non-hydrogen) atoms. The van der Waals surface area contributed by atoms with Crippen molar-refractivity contribution >= 4 is 0 Å². The van der Waals surface area contributed by atoms with E-state index in [0.717, 1.165) is 12.0 Å². The highest BCUT2D eigenvalue weighted by atomic mass is 15.2. The van der Waals surface area contributed by atoms with Gasteiger partial charge in [0.2, 0.25) is 0 Å². The number of nitrogens with one attached hydrogen (secondary N) is 1. The van der Waals surface area contributed by atoms with Gasteiger partial charge in [0.25, 0.3) is 0 Å². The molecule has 0 aromatic rings. The normalized spacial score (nSPS) is 30.7. The van der Waals surface area contributed by atoms with Crippen molar-refractivity contribution in [3.8, 4) is 0 Å². The Labute approximate surface area is 81.7 Å². The Bertz CT molecular complexity index is 154. The fraction of sp³-hybridized carbons (Fsp3) is 1.00. The van der Waals surface area contributed by atoms with Crippen LogP contribution in [0.25, 0.3) is 0 Å². The summed E-state index contributed by atoms with van der Waals surface area (Å²) in [6, 6.07) is 0.757. The van der Waals surface area contributed by atoms with Gasteiger partial charge in [-0.05, 0) is 32.2 Å². The topological polar surface area (TPSA) is 15.3 Å². The molecule has 1 N–H and O–H groups in total. The van der Waals surface area contributed by atoms with Crippen molar-refractivity contribution in [2.24, 2.45) is 5.92 Å². The summed E-state index contributed by atoms with van der Waals surface area (Å²) < 4.78 is 0. The molecule has 0 spiro atoms. The van der Waals surface area contributed by atoms with Crippen molar-refractivity contribution in [3.05, 3.63) is 0 Å². The van der Waals surface area contributed by atoms with Crippen LogP contribution >= 0.6 is 0 Å². The van der Waals surface area contributed by atoms with Crippen molar-refractivity contribution in [1.82, 2.24) is 10.2 Å². The molecule has 1 saturated carbocycles. The minimum absolute atomic E-state index is 0.757. The molecule has 1 unspecified atom stereocenters. The monoisotopic (exact) mass is 182 g/mol. The summed E-state index contributed by atoms with van der Waals surface area (Å²) in [4.78, 5) is 2.64. The minimum atomic E-state index is 0.757. The predicted octanol–water partition coefficient (Wildman–Crippen LogP) is 1.47. The lowest BCUT2D eigenvalue weighted by Crippen LogP contribution is -2.49. The fourth-order valence-corrected chi connectivity index (χ4v) is 2.20. The third kappa shape index (κ3) is 2.96. The molecule has 1 saturated heterocycles. The first-order valence-electron chi connectivity index (χ1n) is 5.81. The quantitative estimate of drug-likeness (QED) is 0.708. The van der Waals surface area contributed by atoms with Crippen LogP contribution in [-0.2, 0) is 0 Å². The Morgan fingerprint density at radius 1 is 1.38 bits per heavy atom. The molecule has 0 amide bonds. The predicted molar refractivity (Wildman–Crippen MR) is 55.9 cm³/mol. The second-order valence-corrected chi connectivity index (χ2v) is 4.67. The van der Waals surface area contributed by atoms with E-state index in [1.165, 1.54) is 51.9 Å². The van der Waals surface area contributed by atoms with E-state index < -0.39 is 0 Å². The van der Waals surface area contributed by atoms with Gasteiger partial charge >= 0.3 is 0 Å². The van der Waals surface area contributed by atoms with Gasteiger partial charge in [-0.3, -0.25) is 4.90 Å². The van der Waals surface area contributed by atoms with E-state index in [-0.39, 0.29) is 0 Å². The summed E-state index contributed by atoms with van der Waals surface area (Å²) in [5, 5.41) is 3.43. The second kappa shape index (κ2) is 4.43. The summed E-state index contributed by atoms with van der Waals surface area (Å²) >= 11 is 0. The standard InChI is InChI=1S/C11H22N2/c1-10-9-12-6-8-13(10)7-2-3-11-4-5-11/h10-12H,2-9H2,1H3. The van der Waals surface area contributed by atoms with Gasteiger partial charge in [-0.15, -0.1) is 0 Å². The van der Waals surface area contributed by atoms with Crippen LogP contribution in [0.15, 0.2) is 0 Å². The van der Waals surface area contributed by atoms with Gasteiger partial charge in [0.15, 0.2) is 0 Å². The number of nitrogens with zero attached hydrogens (tertiary/aromatic N) is 1. The van der Waals surface area contributed by atoms with Gasteiger partial charge in [0.05, 0.1) is 0 Å². The van der Waals surface area contributed by atoms with Crippen LogP contribution in [-0.4, -0.2) is 37.1 Å². The summed E-state index contributed by atoms with van der Waals surface area (Å²) in [6.45, 7) is 7.30.